The van der Waals surface area contributed by atoms with Crippen molar-refractivity contribution in [1.29, 1.82) is 0 Å². The first-order valence-electron chi connectivity index (χ1n) is 5.36. The van der Waals surface area contributed by atoms with E-state index in [1.807, 2.05) is 0 Å². The third-order valence-corrected chi connectivity index (χ3v) is 3.45. The Bertz CT molecular complexity index is 710. The minimum Gasteiger partial charge on any atom is -0.483 e. The lowest BCUT2D eigenvalue weighted by atomic mass is 10.1. The summed E-state index contributed by atoms with van der Waals surface area (Å²) in [6.45, 7) is 1.37. The average Bonchev–Trinajstić information content (AvgIpc) is 2.72. The average molecular weight is 300 g/mol. The lowest BCUT2D eigenvalue weighted by molar-refractivity contribution is -0.122. The van der Waals surface area contributed by atoms with E-state index in [-0.39, 0.29) is 12.3 Å². The van der Waals surface area contributed by atoms with Crippen molar-refractivity contribution < 1.29 is 22.7 Å². The van der Waals surface area contributed by atoms with Crippen molar-refractivity contribution in [2.75, 3.05) is 0 Å². The van der Waals surface area contributed by atoms with Gasteiger partial charge in [0, 0.05) is 17.5 Å². The first kappa shape index (κ1) is 15.9. The summed E-state index contributed by atoms with van der Waals surface area (Å²) in [6.07, 6.45) is 1.35. The van der Waals surface area contributed by atoms with Gasteiger partial charge < -0.3 is 5.11 Å². The van der Waals surface area contributed by atoms with Crippen molar-refractivity contribution in [3.63, 3.8) is 0 Å². The minimum atomic E-state index is -3.81. The van der Waals surface area contributed by atoms with Gasteiger partial charge in [-0.15, -0.1) is 0 Å². The molecule has 0 aliphatic carbocycles. The summed E-state index contributed by atoms with van der Waals surface area (Å²) < 4.78 is 36.5. The molecule has 0 aliphatic rings. The molecule has 6 nitrogen and oxygen atoms in total. The number of nitrogens with zero attached hydrogens (tertiary/aromatic N) is 1. The first-order valence-corrected chi connectivity index (χ1v) is 6.86. The van der Waals surface area contributed by atoms with Crippen molar-refractivity contribution in [2.45, 2.75) is 6.92 Å². The van der Waals surface area contributed by atoms with Crippen LogP contribution in [0.5, 0.6) is 0 Å². The smallest absolute Gasteiger partial charge is 0.302 e. The molecule has 0 fully saturated rings. The molecule has 2 aromatic rings. The van der Waals surface area contributed by atoms with Gasteiger partial charge in [0.05, 0.1) is 0 Å². The SMILES string of the molecule is Cc1c(-c2cccc(F)c2)ccn1S(N)(=O)=O.O=CO. The van der Waals surface area contributed by atoms with Crippen LogP contribution < -0.4 is 5.14 Å². The second kappa shape index (κ2) is 6.31. The number of halogens is 1. The molecule has 1 aromatic heterocycles. The van der Waals surface area contributed by atoms with Crippen LogP contribution in [0.4, 0.5) is 4.39 Å². The highest BCUT2D eigenvalue weighted by Gasteiger charge is 2.13. The molecular weight excluding hydrogens is 287 g/mol. The Balaban J connectivity index is 0.000000612. The van der Waals surface area contributed by atoms with Gasteiger partial charge in [-0.3, -0.25) is 4.79 Å². The largest absolute Gasteiger partial charge is 0.483 e. The van der Waals surface area contributed by atoms with E-state index in [1.165, 1.54) is 18.3 Å². The zero-order valence-corrected chi connectivity index (χ0v) is 11.3. The summed E-state index contributed by atoms with van der Waals surface area (Å²) in [5, 5.41) is 11.9. The third kappa shape index (κ3) is 3.65. The van der Waals surface area contributed by atoms with Gasteiger partial charge in [-0.1, -0.05) is 12.1 Å². The maximum absolute atomic E-state index is 13.1. The molecule has 3 N–H and O–H groups in total. The highest BCUT2D eigenvalue weighted by atomic mass is 32.2. The Kier molecular flexibility index (Phi) is 5.00. The van der Waals surface area contributed by atoms with Gasteiger partial charge in [0.1, 0.15) is 5.82 Å². The molecule has 2 rings (SSSR count). The number of hydrogen-bond acceptors (Lipinski definition) is 3. The first-order chi connectivity index (χ1) is 9.31. The van der Waals surface area contributed by atoms with Gasteiger partial charge in [0.15, 0.2) is 0 Å². The maximum atomic E-state index is 13.1. The molecule has 0 saturated carbocycles. The van der Waals surface area contributed by atoms with Crippen LogP contribution in [0.1, 0.15) is 5.69 Å². The van der Waals surface area contributed by atoms with Crippen LogP contribution in [0.3, 0.4) is 0 Å². The van der Waals surface area contributed by atoms with E-state index < -0.39 is 10.2 Å². The molecule has 0 amide bonds. The van der Waals surface area contributed by atoms with Crippen LogP contribution in [0.25, 0.3) is 11.1 Å². The molecule has 0 spiro atoms. The van der Waals surface area contributed by atoms with Gasteiger partial charge in [0.2, 0.25) is 0 Å². The van der Waals surface area contributed by atoms with Gasteiger partial charge in [0.25, 0.3) is 6.47 Å². The molecule has 0 bridgehead atoms. The molecule has 8 heteroatoms. The van der Waals surface area contributed by atoms with E-state index in [0.717, 1.165) is 3.97 Å². The highest BCUT2D eigenvalue weighted by molar-refractivity contribution is 7.87. The van der Waals surface area contributed by atoms with Gasteiger partial charge in [-0.2, -0.15) is 8.42 Å². The second-order valence-electron chi connectivity index (χ2n) is 3.77. The van der Waals surface area contributed by atoms with Gasteiger partial charge in [-0.05, 0) is 30.7 Å². The summed E-state index contributed by atoms with van der Waals surface area (Å²) >= 11 is 0. The van der Waals surface area contributed by atoms with Crippen LogP contribution in [0.2, 0.25) is 0 Å². The summed E-state index contributed by atoms with van der Waals surface area (Å²) in [5.74, 6) is -0.370. The van der Waals surface area contributed by atoms with Gasteiger partial charge >= 0.3 is 10.2 Å². The lowest BCUT2D eigenvalue weighted by Gasteiger charge is -2.04. The number of nitrogens with two attached hydrogens (primary N) is 1. The predicted molar refractivity (Wildman–Crippen MR) is 71.8 cm³/mol. The van der Waals surface area contributed by atoms with E-state index in [1.54, 1.807) is 25.1 Å². The number of hydrogen-bond donors (Lipinski definition) is 2. The summed E-state index contributed by atoms with van der Waals surface area (Å²) in [5.41, 5.74) is 1.71. The summed E-state index contributed by atoms with van der Waals surface area (Å²) in [4.78, 5) is 8.36. The fourth-order valence-electron chi connectivity index (χ4n) is 1.73. The van der Waals surface area contributed by atoms with Crippen LogP contribution in [-0.2, 0) is 15.0 Å². The zero-order chi connectivity index (χ0) is 15.3. The molecule has 0 atom stereocenters. The van der Waals surface area contributed by atoms with Crippen molar-refractivity contribution in [2.24, 2.45) is 5.14 Å². The highest BCUT2D eigenvalue weighted by Crippen LogP contribution is 2.25. The Morgan fingerprint density at radius 1 is 1.35 bits per heavy atom. The van der Waals surface area contributed by atoms with E-state index in [4.69, 9.17) is 15.0 Å². The third-order valence-electron chi connectivity index (χ3n) is 2.51. The molecule has 20 heavy (non-hydrogen) atoms. The second-order valence-corrected chi connectivity index (χ2v) is 5.19. The fourth-order valence-corrected chi connectivity index (χ4v) is 2.44. The molecule has 108 valence electrons. The Hall–Kier alpha value is -2.19. The number of carboxylic acid groups (broad SMARTS) is 1. The van der Waals surface area contributed by atoms with Crippen molar-refractivity contribution in [3.05, 3.63) is 48.0 Å². The topological polar surface area (TPSA) is 102 Å². The number of carbonyl (C=O) groups is 1. The standard InChI is InChI=1S/C11H11FN2O2S.CH2O2/c1-8-11(5-6-14(8)17(13,15)16)9-3-2-4-10(12)7-9;2-1-3/h2-7H,1H3,(H2,13,15,16);1H,(H,2,3). The molecule has 0 radical (unpaired) electrons. The Morgan fingerprint density at radius 2 is 1.95 bits per heavy atom. The molecule has 0 saturated heterocycles. The van der Waals surface area contributed by atoms with E-state index in [9.17, 15) is 12.8 Å². The predicted octanol–water partition coefficient (Wildman–Crippen LogP) is 1.36. The Morgan fingerprint density at radius 3 is 2.40 bits per heavy atom. The zero-order valence-electron chi connectivity index (χ0n) is 10.5. The number of aromatic nitrogens is 1. The molecule has 0 aliphatic heterocycles. The van der Waals surface area contributed by atoms with Crippen molar-refractivity contribution >= 4 is 16.7 Å². The molecule has 0 unspecified atom stereocenters. The Labute approximate surface area is 115 Å². The van der Waals surface area contributed by atoms with Crippen molar-refractivity contribution in [3.8, 4) is 11.1 Å². The fraction of sp³-hybridized carbons (Fsp3) is 0.0833. The normalized spacial score (nSPS) is 10.6. The maximum Gasteiger partial charge on any atom is 0.302 e. The van der Waals surface area contributed by atoms with Gasteiger partial charge in [-0.25, -0.2) is 13.5 Å². The van der Waals surface area contributed by atoms with E-state index in [2.05, 4.69) is 0 Å². The summed E-state index contributed by atoms with van der Waals surface area (Å²) in [7, 11) is -3.81. The quantitative estimate of drug-likeness (QED) is 0.817. The number of rotatable bonds is 2. The van der Waals surface area contributed by atoms with Crippen LogP contribution in [-0.4, -0.2) is 24.0 Å². The van der Waals surface area contributed by atoms with E-state index in [0.29, 0.717) is 16.8 Å². The van der Waals surface area contributed by atoms with Crippen LogP contribution in [0.15, 0.2) is 36.5 Å². The van der Waals surface area contributed by atoms with E-state index >= 15 is 0 Å². The van der Waals surface area contributed by atoms with Crippen molar-refractivity contribution in [1.82, 2.24) is 3.97 Å². The monoisotopic (exact) mass is 300 g/mol. The minimum absolute atomic E-state index is 0.250. The molecular formula is C12H13FN2O4S. The molecule has 1 aromatic carbocycles. The lowest BCUT2D eigenvalue weighted by Crippen LogP contribution is -2.21. The number of benzene rings is 1. The molecule has 1 heterocycles. The van der Waals surface area contributed by atoms with Crippen LogP contribution >= 0.6 is 0 Å². The summed E-state index contributed by atoms with van der Waals surface area (Å²) in [6, 6.07) is 7.54. The van der Waals surface area contributed by atoms with Crippen LogP contribution in [0, 0.1) is 12.7 Å².